The minimum atomic E-state index is -0.653. The van der Waals surface area contributed by atoms with Crippen LogP contribution in [0.3, 0.4) is 0 Å². The third-order valence-electron chi connectivity index (χ3n) is 5.20. The van der Waals surface area contributed by atoms with Gasteiger partial charge in [-0.15, -0.1) is 0 Å². The van der Waals surface area contributed by atoms with Crippen LogP contribution in [0.25, 0.3) is 0 Å². The number of carboxylic acid groups (broad SMARTS) is 1. The van der Waals surface area contributed by atoms with Crippen LogP contribution < -0.4 is 5.32 Å². The molecule has 0 aliphatic carbocycles. The molecule has 3 heteroatoms. The van der Waals surface area contributed by atoms with Crippen LogP contribution in [0.1, 0.15) is 129 Å². The van der Waals surface area contributed by atoms with Gasteiger partial charge in [-0.25, -0.2) is 0 Å². The molecule has 0 atom stereocenters. The van der Waals surface area contributed by atoms with Gasteiger partial charge in [0.05, 0.1) is 0 Å². The van der Waals surface area contributed by atoms with E-state index in [2.05, 4.69) is 12.2 Å². The Hall–Kier alpha value is -0.570. The van der Waals surface area contributed by atoms with Crippen molar-refractivity contribution in [2.24, 2.45) is 0 Å². The fraction of sp³-hybridized carbons (Fsp3) is 0.957. The van der Waals surface area contributed by atoms with Crippen molar-refractivity contribution in [2.75, 3.05) is 13.1 Å². The second-order valence-corrected chi connectivity index (χ2v) is 7.90. The normalized spacial score (nSPS) is 11.1. The van der Waals surface area contributed by atoms with Crippen LogP contribution in [0.15, 0.2) is 0 Å². The Kier molecular flexibility index (Phi) is 22.0. The Bertz CT molecular complexity index is 281. The Balaban J connectivity index is 2.98. The smallest absolute Gasteiger partial charge is 0.303 e. The zero-order valence-electron chi connectivity index (χ0n) is 17.7. The summed E-state index contributed by atoms with van der Waals surface area (Å²) in [6.45, 7) is 4.68. The van der Waals surface area contributed by atoms with Gasteiger partial charge in [-0.3, -0.25) is 4.79 Å². The first-order chi connectivity index (χ1) is 12.8. The number of aliphatic carboxylic acids is 1. The highest BCUT2D eigenvalue weighted by atomic mass is 16.4. The molecule has 0 aromatic rings. The zero-order chi connectivity index (χ0) is 19.1. The maximum absolute atomic E-state index is 10.4. The van der Waals surface area contributed by atoms with E-state index in [1.165, 1.54) is 116 Å². The maximum Gasteiger partial charge on any atom is 0.303 e. The molecule has 0 aromatic heterocycles. The molecule has 0 aromatic carbocycles. The van der Waals surface area contributed by atoms with Crippen LogP contribution in [0, 0.1) is 0 Å². The van der Waals surface area contributed by atoms with Gasteiger partial charge in [0.2, 0.25) is 0 Å². The summed E-state index contributed by atoms with van der Waals surface area (Å²) in [7, 11) is 0. The Labute approximate surface area is 163 Å². The molecule has 0 saturated carbocycles. The van der Waals surface area contributed by atoms with Crippen LogP contribution in [-0.4, -0.2) is 24.2 Å². The van der Waals surface area contributed by atoms with Crippen LogP contribution in [0.5, 0.6) is 0 Å². The lowest BCUT2D eigenvalue weighted by Crippen LogP contribution is -2.16. The molecular formula is C23H47NO2. The highest BCUT2D eigenvalue weighted by Gasteiger charge is 1.97. The summed E-state index contributed by atoms with van der Waals surface area (Å²) in [5.41, 5.74) is 0. The summed E-state index contributed by atoms with van der Waals surface area (Å²) < 4.78 is 0. The van der Waals surface area contributed by atoms with E-state index in [1.807, 2.05) is 0 Å². The average Bonchev–Trinajstić information content (AvgIpc) is 2.62. The van der Waals surface area contributed by atoms with E-state index in [1.54, 1.807) is 0 Å². The lowest BCUT2D eigenvalue weighted by Gasteiger charge is -2.05. The van der Waals surface area contributed by atoms with Crippen molar-refractivity contribution in [3.63, 3.8) is 0 Å². The third-order valence-corrected chi connectivity index (χ3v) is 5.20. The Morgan fingerprint density at radius 2 is 0.923 bits per heavy atom. The van der Waals surface area contributed by atoms with E-state index < -0.39 is 5.97 Å². The summed E-state index contributed by atoms with van der Waals surface area (Å²) >= 11 is 0. The maximum atomic E-state index is 10.4. The van der Waals surface area contributed by atoms with Crippen LogP contribution in [0.2, 0.25) is 0 Å². The minimum Gasteiger partial charge on any atom is -0.481 e. The molecule has 0 spiro atoms. The van der Waals surface area contributed by atoms with E-state index in [9.17, 15) is 4.79 Å². The van der Waals surface area contributed by atoms with Crippen molar-refractivity contribution < 1.29 is 9.90 Å². The fourth-order valence-electron chi connectivity index (χ4n) is 3.45. The predicted octanol–water partition coefficient (Wildman–Crippen LogP) is 7.09. The molecule has 0 unspecified atom stereocenters. The molecule has 3 nitrogen and oxygen atoms in total. The lowest BCUT2D eigenvalue weighted by molar-refractivity contribution is -0.137. The molecule has 0 fully saturated rings. The molecule has 0 radical (unpaired) electrons. The molecule has 2 N–H and O–H groups in total. The van der Waals surface area contributed by atoms with Crippen LogP contribution >= 0.6 is 0 Å². The monoisotopic (exact) mass is 369 g/mol. The van der Waals surface area contributed by atoms with Crippen molar-refractivity contribution in [3.05, 3.63) is 0 Å². The van der Waals surface area contributed by atoms with Gasteiger partial charge in [-0.1, -0.05) is 103 Å². The molecule has 0 aliphatic rings. The number of hydrogen-bond donors (Lipinski definition) is 2. The summed E-state index contributed by atoms with van der Waals surface area (Å²) in [6, 6.07) is 0. The van der Waals surface area contributed by atoms with E-state index in [0.717, 1.165) is 12.8 Å². The van der Waals surface area contributed by atoms with E-state index in [4.69, 9.17) is 5.11 Å². The first-order valence-electron chi connectivity index (χ1n) is 11.7. The van der Waals surface area contributed by atoms with Gasteiger partial charge < -0.3 is 10.4 Å². The number of unbranched alkanes of at least 4 members (excludes halogenated alkanes) is 16. The van der Waals surface area contributed by atoms with Gasteiger partial charge in [-0.05, 0) is 32.4 Å². The van der Waals surface area contributed by atoms with E-state index >= 15 is 0 Å². The van der Waals surface area contributed by atoms with Gasteiger partial charge in [0, 0.05) is 6.42 Å². The standard InChI is InChI=1S/C23H47NO2/c1-2-3-18-21-24-22-19-16-14-12-10-8-6-4-5-7-9-11-13-15-17-20-23(25)26/h24H,2-22H2,1H3,(H,25,26). The van der Waals surface area contributed by atoms with Gasteiger partial charge >= 0.3 is 5.97 Å². The first-order valence-corrected chi connectivity index (χ1v) is 11.7. The summed E-state index contributed by atoms with van der Waals surface area (Å²) in [5.74, 6) is -0.653. The predicted molar refractivity (Wildman–Crippen MR) is 114 cm³/mol. The van der Waals surface area contributed by atoms with Gasteiger partial charge in [0.25, 0.3) is 0 Å². The SMILES string of the molecule is CCCCCNCCCCCCCCCCCCCCCCCC(=O)O. The molecule has 156 valence electrons. The van der Waals surface area contributed by atoms with Crippen molar-refractivity contribution in [1.82, 2.24) is 5.32 Å². The Morgan fingerprint density at radius 3 is 1.31 bits per heavy atom. The largest absolute Gasteiger partial charge is 0.481 e. The molecule has 0 saturated heterocycles. The first kappa shape index (κ1) is 25.4. The zero-order valence-corrected chi connectivity index (χ0v) is 17.7. The van der Waals surface area contributed by atoms with Crippen molar-refractivity contribution in [1.29, 1.82) is 0 Å². The van der Waals surface area contributed by atoms with Crippen LogP contribution in [-0.2, 0) is 4.79 Å². The number of carboxylic acids is 1. The van der Waals surface area contributed by atoms with Crippen molar-refractivity contribution in [3.8, 4) is 0 Å². The van der Waals surface area contributed by atoms with Crippen molar-refractivity contribution >= 4 is 5.97 Å². The number of hydrogen-bond acceptors (Lipinski definition) is 2. The molecule has 0 bridgehead atoms. The summed E-state index contributed by atoms with van der Waals surface area (Å²) in [6.07, 6.45) is 24.1. The highest BCUT2D eigenvalue weighted by molar-refractivity contribution is 5.66. The second kappa shape index (κ2) is 22.5. The minimum absolute atomic E-state index is 0.343. The molecule has 0 amide bonds. The molecule has 0 heterocycles. The van der Waals surface area contributed by atoms with Gasteiger partial charge in [0.1, 0.15) is 0 Å². The molecule has 0 rings (SSSR count). The van der Waals surface area contributed by atoms with Gasteiger partial charge in [-0.2, -0.15) is 0 Å². The number of carbonyl (C=O) groups is 1. The summed E-state index contributed by atoms with van der Waals surface area (Å²) in [5, 5.41) is 12.1. The molecule has 0 aliphatic heterocycles. The van der Waals surface area contributed by atoms with Crippen molar-refractivity contribution in [2.45, 2.75) is 129 Å². The lowest BCUT2D eigenvalue weighted by atomic mass is 10.0. The Morgan fingerprint density at radius 1 is 0.577 bits per heavy atom. The molecular weight excluding hydrogens is 322 g/mol. The number of nitrogens with one attached hydrogen (secondary N) is 1. The van der Waals surface area contributed by atoms with Gasteiger partial charge in [0.15, 0.2) is 0 Å². The quantitative estimate of drug-likeness (QED) is 0.200. The summed E-state index contributed by atoms with van der Waals surface area (Å²) in [4.78, 5) is 10.4. The highest BCUT2D eigenvalue weighted by Crippen LogP contribution is 2.13. The second-order valence-electron chi connectivity index (χ2n) is 7.90. The third kappa shape index (κ3) is 23.4. The topological polar surface area (TPSA) is 49.3 Å². The van der Waals surface area contributed by atoms with E-state index in [0.29, 0.717) is 6.42 Å². The van der Waals surface area contributed by atoms with Crippen LogP contribution in [0.4, 0.5) is 0 Å². The fourth-order valence-corrected chi connectivity index (χ4v) is 3.45. The molecule has 26 heavy (non-hydrogen) atoms. The van der Waals surface area contributed by atoms with E-state index in [-0.39, 0.29) is 0 Å². The average molecular weight is 370 g/mol. The number of rotatable bonds is 22.